The summed E-state index contributed by atoms with van der Waals surface area (Å²) in [4.78, 5) is 10.9. The van der Waals surface area contributed by atoms with E-state index < -0.39 is 5.97 Å². The average Bonchev–Trinajstić information content (AvgIpc) is 2.93. The molecule has 0 spiro atoms. The Morgan fingerprint density at radius 2 is 1.95 bits per heavy atom. The van der Waals surface area contributed by atoms with Crippen LogP contribution in [0.25, 0.3) is 0 Å². The standard InChI is InChI=1S/C18H18O3/c1-12-9-16(18(19)20)7-8-17(12)21-11-13-5-6-14-3-2-4-15(14)10-13/h5-10H,2-4,11H2,1H3,(H,19,20). The molecule has 1 aliphatic rings. The van der Waals surface area contributed by atoms with Crippen LogP contribution >= 0.6 is 0 Å². The molecule has 2 aromatic carbocycles. The highest BCUT2D eigenvalue weighted by molar-refractivity contribution is 5.88. The van der Waals surface area contributed by atoms with Crippen molar-refractivity contribution in [2.24, 2.45) is 0 Å². The summed E-state index contributed by atoms with van der Waals surface area (Å²) in [5, 5.41) is 8.96. The third-order valence-electron chi connectivity index (χ3n) is 3.98. The molecule has 0 unspecified atom stereocenters. The fourth-order valence-corrected chi connectivity index (χ4v) is 2.82. The van der Waals surface area contributed by atoms with Crippen molar-refractivity contribution >= 4 is 5.97 Å². The van der Waals surface area contributed by atoms with Crippen LogP contribution < -0.4 is 4.74 Å². The van der Waals surface area contributed by atoms with Crippen LogP contribution in [0, 0.1) is 6.92 Å². The molecule has 3 heteroatoms. The highest BCUT2D eigenvalue weighted by atomic mass is 16.5. The molecule has 0 amide bonds. The van der Waals surface area contributed by atoms with Gasteiger partial charge in [0.2, 0.25) is 0 Å². The van der Waals surface area contributed by atoms with E-state index in [-0.39, 0.29) is 5.56 Å². The quantitative estimate of drug-likeness (QED) is 0.928. The van der Waals surface area contributed by atoms with Crippen LogP contribution in [0.5, 0.6) is 5.75 Å². The van der Waals surface area contributed by atoms with Crippen LogP contribution in [0.1, 0.15) is 39.0 Å². The lowest BCUT2D eigenvalue weighted by atomic mass is 10.1. The molecule has 0 radical (unpaired) electrons. The van der Waals surface area contributed by atoms with Crippen molar-refractivity contribution in [3.63, 3.8) is 0 Å². The summed E-state index contributed by atoms with van der Waals surface area (Å²) in [7, 11) is 0. The van der Waals surface area contributed by atoms with E-state index in [1.165, 1.54) is 24.0 Å². The molecule has 0 saturated heterocycles. The molecule has 0 fully saturated rings. The molecular formula is C18H18O3. The van der Waals surface area contributed by atoms with Gasteiger partial charge in [0.1, 0.15) is 12.4 Å². The Balaban J connectivity index is 1.71. The Morgan fingerprint density at radius 3 is 2.71 bits per heavy atom. The summed E-state index contributed by atoms with van der Waals surface area (Å²) >= 11 is 0. The normalized spacial score (nSPS) is 13.0. The Hall–Kier alpha value is -2.29. The van der Waals surface area contributed by atoms with E-state index >= 15 is 0 Å². The lowest BCUT2D eigenvalue weighted by Crippen LogP contribution is -2.01. The van der Waals surface area contributed by atoms with Crippen molar-refractivity contribution in [3.05, 3.63) is 64.2 Å². The number of benzene rings is 2. The Labute approximate surface area is 124 Å². The van der Waals surface area contributed by atoms with E-state index in [4.69, 9.17) is 9.84 Å². The highest BCUT2D eigenvalue weighted by Gasteiger charge is 2.11. The number of aromatic carboxylic acids is 1. The van der Waals surface area contributed by atoms with Gasteiger partial charge >= 0.3 is 5.97 Å². The first-order valence-corrected chi connectivity index (χ1v) is 7.21. The maximum atomic E-state index is 10.9. The first-order chi connectivity index (χ1) is 10.1. The second kappa shape index (κ2) is 5.60. The van der Waals surface area contributed by atoms with Crippen molar-refractivity contribution in [2.45, 2.75) is 32.8 Å². The third kappa shape index (κ3) is 2.92. The molecule has 0 aromatic heterocycles. The fraction of sp³-hybridized carbons (Fsp3) is 0.278. The number of fused-ring (bicyclic) bond motifs is 1. The summed E-state index contributed by atoms with van der Waals surface area (Å²) in [6.07, 6.45) is 3.59. The van der Waals surface area contributed by atoms with Gasteiger partial charge in [0.15, 0.2) is 0 Å². The largest absolute Gasteiger partial charge is 0.489 e. The summed E-state index contributed by atoms with van der Waals surface area (Å²) in [5.41, 5.74) is 5.19. The zero-order valence-electron chi connectivity index (χ0n) is 12.1. The molecule has 2 aromatic rings. The molecule has 0 bridgehead atoms. The predicted molar refractivity (Wildman–Crippen MR) is 80.9 cm³/mol. The van der Waals surface area contributed by atoms with Crippen LogP contribution in [0.4, 0.5) is 0 Å². The number of hydrogen-bond acceptors (Lipinski definition) is 2. The second-order valence-electron chi connectivity index (χ2n) is 5.53. The van der Waals surface area contributed by atoms with E-state index in [0.717, 1.165) is 23.3 Å². The number of aryl methyl sites for hydroxylation is 3. The molecule has 0 aliphatic heterocycles. The molecule has 0 atom stereocenters. The van der Waals surface area contributed by atoms with Gasteiger partial charge in [0, 0.05) is 0 Å². The van der Waals surface area contributed by atoms with Crippen LogP contribution in [0.3, 0.4) is 0 Å². The number of hydrogen-bond donors (Lipinski definition) is 1. The second-order valence-corrected chi connectivity index (χ2v) is 5.53. The molecule has 21 heavy (non-hydrogen) atoms. The van der Waals surface area contributed by atoms with Gasteiger partial charge in [-0.15, -0.1) is 0 Å². The van der Waals surface area contributed by atoms with E-state index in [0.29, 0.717) is 6.61 Å². The SMILES string of the molecule is Cc1cc(C(=O)O)ccc1OCc1ccc2c(c1)CCC2. The summed E-state index contributed by atoms with van der Waals surface area (Å²) in [6.45, 7) is 2.38. The van der Waals surface area contributed by atoms with Crippen molar-refractivity contribution in [3.8, 4) is 5.75 Å². The summed E-state index contributed by atoms with van der Waals surface area (Å²) < 4.78 is 5.82. The van der Waals surface area contributed by atoms with E-state index in [2.05, 4.69) is 18.2 Å². The minimum atomic E-state index is -0.914. The molecule has 3 rings (SSSR count). The number of carboxylic acid groups (broad SMARTS) is 1. The van der Waals surface area contributed by atoms with Gasteiger partial charge in [-0.2, -0.15) is 0 Å². The number of carbonyl (C=O) groups is 1. The van der Waals surface area contributed by atoms with E-state index in [9.17, 15) is 4.79 Å². The summed E-state index contributed by atoms with van der Waals surface area (Å²) in [5.74, 6) is -0.177. The van der Waals surface area contributed by atoms with Crippen LogP contribution in [-0.2, 0) is 19.4 Å². The fourth-order valence-electron chi connectivity index (χ4n) is 2.82. The zero-order valence-corrected chi connectivity index (χ0v) is 12.1. The molecule has 0 saturated carbocycles. The van der Waals surface area contributed by atoms with E-state index in [1.807, 2.05) is 6.92 Å². The third-order valence-corrected chi connectivity index (χ3v) is 3.98. The maximum Gasteiger partial charge on any atom is 0.335 e. The monoisotopic (exact) mass is 282 g/mol. The van der Waals surface area contributed by atoms with Crippen molar-refractivity contribution in [2.75, 3.05) is 0 Å². The van der Waals surface area contributed by atoms with Crippen LogP contribution in [0.2, 0.25) is 0 Å². The first-order valence-electron chi connectivity index (χ1n) is 7.21. The number of rotatable bonds is 4. The van der Waals surface area contributed by atoms with Gasteiger partial charge in [-0.1, -0.05) is 18.2 Å². The van der Waals surface area contributed by atoms with Crippen LogP contribution in [-0.4, -0.2) is 11.1 Å². The summed E-state index contributed by atoms with van der Waals surface area (Å²) in [6, 6.07) is 11.5. The number of carboxylic acids is 1. The average molecular weight is 282 g/mol. The Bertz CT molecular complexity index is 689. The van der Waals surface area contributed by atoms with Gasteiger partial charge < -0.3 is 9.84 Å². The number of ether oxygens (including phenoxy) is 1. The first kappa shape index (κ1) is 13.7. The molecule has 1 aliphatic carbocycles. The van der Waals surface area contributed by atoms with Gasteiger partial charge in [-0.3, -0.25) is 0 Å². The maximum absolute atomic E-state index is 10.9. The van der Waals surface area contributed by atoms with Gasteiger partial charge in [-0.25, -0.2) is 4.79 Å². The highest BCUT2D eigenvalue weighted by Crippen LogP contribution is 2.24. The smallest absolute Gasteiger partial charge is 0.335 e. The van der Waals surface area contributed by atoms with E-state index in [1.54, 1.807) is 18.2 Å². The lowest BCUT2D eigenvalue weighted by Gasteiger charge is -2.11. The van der Waals surface area contributed by atoms with Crippen molar-refractivity contribution in [1.82, 2.24) is 0 Å². The molecule has 108 valence electrons. The minimum absolute atomic E-state index is 0.289. The van der Waals surface area contributed by atoms with Crippen molar-refractivity contribution < 1.29 is 14.6 Å². The van der Waals surface area contributed by atoms with Gasteiger partial charge in [0.05, 0.1) is 5.56 Å². The molecule has 0 heterocycles. The minimum Gasteiger partial charge on any atom is -0.489 e. The molecule has 1 N–H and O–H groups in total. The Morgan fingerprint density at radius 1 is 1.14 bits per heavy atom. The zero-order chi connectivity index (χ0) is 14.8. The molecular weight excluding hydrogens is 264 g/mol. The van der Waals surface area contributed by atoms with Gasteiger partial charge in [-0.05, 0) is 66.6 Å². The van der Waals surface area contributed by atoms with Crippen LogP contribution in [0.15, 0.2) is 36.4 Å². The predicted octanol–water partition coefficient (Wildman–Crippen LogP) is 3.76. The van der Waals surface area contributed by atoms with Crippen molar-refractivity contribution in [1.29, 1.82) is 0 Å². The topological polar surface area (TPSA) is 46.5 Å². The Kier molecular flexibility index (Phi) is 3.65. The van der Waals surface area contributed by atoms with Gasteiger partial charge in [0.25, 0.3) is 0 Å². The molecule has 3 nitrogen and oxygen atoms in total. The lowest BCUT2D eigenvalue weighted by molar-refractivity contribution is 0.0696.